The third-order valence-corrected chi connectivity index (χ3v) is 4.49. The quantitative estimate of drug-likeness (QED) is 0.753. The fourth-order valence-corrected chi connectivity index (χ4v) is 3.02. The number of carbonyl (C=O) groups excluding carboxylic acids is 1. The van der Waals surface area contributed by atoms with Crippen molar-refractivity contribution in [2.75, 3.05) is 6.54 Å². The van der Waals surface area contributed by atoms with Crippen molar-refractivity contribution in [2.45, 2.75) is 26.1 Å². The molecule has 1 aliphatic rings. The Morgan fingerprint density at radius 1 is 1.22 bits per heavy atom. The van der Waals surface area contributed by atoms with Gasteiger partial charge >= 0.3 is 6.03 Å². The Balaban J connectivity index is 1.37. The highest BCUT2D eigenvalue weighted by Crippen LogP contribution is 2.23. The third kappa shape index (κ3) is 4.08. The molecule has 0 atom stereocenters. The number of amides is 2. The van der Waals surface area contributed by atoms with Gasteiger partial charge in [0.15, 0.2) is 0 Å². The predicted octanol–water partition coefficient (Wildman–Crippen LogP) is 2.92. The van der Waals surface area contributed by atoms with E-state index in [1.165, 1.54) is 0 Å². The van der Waals surface area contributed by atoms with Crippen LogP contribution in [0.2, 0.25) is 0 Å². The van der Waals surface area contributed by atoms with Gasteiger partial charge in [0.1, 0.15) is 23.8 Å². The summed E-state index contributed by atoms with van der Waals surface area (Å²) < 4.78 is 11.1. The molecular formula is C20H20N4O3. The standard InChI is InChI=1S/C20H20N4O3/c25-20(22-11-15-5-2-1-3-6-15)24-10-8-19-17(13-24)18(23-27-19)14-26-16-7-4-9-21-12-16/h1-7,9,12H,8,10-11,13-14H2,(H,22,25). The molecule has 1 N–H and O–H groups in total. The van der Waals surface area contributed by atoms with E-state index in [9.17, 15) is 4.79 Å². The van der Waals surface area contributed by atoms with Gasteiger partial charge in [-0.1, -0.05) is 35.5 Å². The minimum Gasteiger partial charge on any atom is -0.486 e. The first-order chi connectivity index (χ1) is 13.3. The summed E-state index contributed by atoms with van der Waals surface area (Å²) in [5, 5.41) is 7.09. The number of nitrogens with zero attached hydrogens (tertiary/aromatic N) is 3. The molecule has 2 aromatic heterocycles. The van der Waals surface area contributed by atoms with Crippen molar-refractivity contribution >= 4 is 6.03 Å². The summed E-state index contributed by atoms with van der Waals surface area (Å²) in [5.41, 5.74) is 2.72. The van der Waals surface area contributed by atoms with Gasteiger partial charge in [-0.25, -0.2) is 4.79 Å². The highest BCUT2D eigenvalue weighted by atomic mass is 16.5. The van der Waals surface area contributed by atoms with Gasteiger partial charge in [0.2, 0.25) is 0 Å². The van der Waals surface area contributed by atoms with E-state index in [2.05, 4.69) is 15.5 Å². The summed E-state index contributed by atoms with van der Waals surface area (Å²) >= 11 is 0. The van der Waals surface area contributed by atoms with E-state index in [-0.39, 0.29) is 12.6 Å². The van der Waals surface area contributed by atoms with Crippen molar-refractivity contribution < 1.29 is 14.1 Å². The molecule has 3 aromatic rings. The van der Waals surface area contributed by atoms with Crippen LogP contribution in [-0.4, -0.2) is 27.6 Å². The van der Waals surface area contributed by atoms with E-state index >= 15 is 0 Å². The molecule has 7 heteroatoms. The minimum absolute atomic E-state index is 0.0927. The Labute approximate surface area is 156 Å². The Hall–Kier alpha value is -3.35. The Morgan fingerprint density at radius 2 is 2.11 bits per heavy atom. The van der Waals surface area contributed by atoms with Crippen molar-refractivity contribution in [1.82, 2.24) is 20.4 Å². The monoisotopic (exact) mass is 364 g/mol. The second kappa shape index (κ2) is 7.90. The highest BCUT2D eigenvalue weighted by molar-refractivity contribution is 5.74. The summed E-state index contributed by atoms with van der Waals surface area (Å²) in [5.74, 6) is 1.49. The maximum Gasteiger partial charge on any atom is 0.317 e. The molecule has 0 saturated carbocycles. The van der Waals surface area contributed by atoms with Gasteiger partial charge in [-0.15, -0.1) is 0 Å². The van der Waals surface area contributed by atoms with Gasteiger partial charge < -0.3 is 19.5 Å². The number of ether oxygens (including phenoxy) is 1. The lowest BCUT2D eigenvalue weighted by molar-refractivity contribution is 0.188. The smallest absolute Gasteiger partial charge is 0.317 e. The van der Waals surface area contributed by atoms with Crippen LogP contribution >= 0.6 is 0 Å². The number of rotatable bonds is 5. The van der Waals surface area contributed by atoms with E-state index in [4.69, 9.17) is 9.26 Å². The average Bonchev–Trinajstić information content (AvgIpc) is 3.14. The van der Waals surface area contributed by atoms with E-state index in [1.54, 1.807) is 17.3 Å². The molecule has 2 amide bonds. The summed E-state index contributed by atoms with van der Waals surface area (Å²) in [4.78, 5) is 18.3. The van der Waals surface area contributed by atoms with Crippen LogP contribution < -0.4 is 10.1 Å². The van der Waals surface area contributed by atoms with Crippen LogP contribution in [0, 0.1) is 0 Å². The first-order valence-corrected chi connectivity index (χ1v) is 8.85. The van der Waals surface area contributed by atoms with E-state index in [1.807, 2.05) is 42.5 Å². The lowest BCUT2D eigenvalue weighted by Gasteiger charge is -2.26. The normalized spacial score (nSPS) is 13.1. The lowest BCUT2D eigenvalue weighted by atomic mass is 10.1. The van der Waals surface area contributed by atoms with Crippen LogP contribution in [0.15, 0.2) is 59.4 Å². The number of pyridine rings is 1. The molecule has 0 unspecified atom stereocenters. The molecule has 4 rings (SSSR count). The van der Waals surface area contributed by atoms with E-state index in [0.29, 0.717) is 31.8 Å². The number of nitrogens with one attached hydrogen (secondary N) is 1. The number of aromatic nitrogens is 2. The highest BCUT2D eigenvalue weighted by Gasteiger charge is 2.27. The van der Waals surface area contributed by atoms with Crippen molar-refractivity contribution in [2.24, 2.45) is 0 Å². The molecular weight excluding hydrogens is 344 g/mol. The van der Waals surface area contributed by atoms with Crippen LogP contribution in [0.1, 0.15) is 22.6 Å². The van der Waals surface area contributed by atoms with Crippen LogP contribution in [-0.2, 0) is 26.1 Å². The second-order valence-corrected chi connectivity index (χ2v) is 6.32. The summed E-state index contributed by atoms with van der Waals surface area (Å²) in [6.07, 6.45) is 3.99. The van der Waals surface area contributed by atoms with Crippen molar-refractivity contribution in [3.8, 4) is 5.75 Å². The topological polar surface area (TPSA) is 80.5 Å². The summed E-state index contributed by atoms with van der Waals surface area (Å²) in [7, 11) is 0. The van der Waals surface area contributed by atoms with Gasteiger partial charge in [0.05, 0.1) is 12.7 Å². The lowest BCUT2D eigenvalue weighted by Crippen LogP contribution is -2.42. The first-order valence-electron chi connectivity index (χ1n) is 8.85. The number of carbonyl (C=O) groups is 1. The molecule has 1 aliphatic heterocycles. The number of hydrogen-bond acceptors (Lipinski definition) is 5. The van der Waals surface area contributed by atoms with Gasteiger partial charge in [-0.2, -0.15) is 0 Å². The van der Waals surface area contributed by atoms with Crippen molar-refractivity contribution in [1.29, 1.82) is 0 Å². The average molecular weight is 364 g/mol. The molecule has 0 spiro atoms. The molecule has 3 heterocycles. The van der Waals surface area contributed by atoms with Crippen LogP contribution in [0.5, 0.6) is 5.75 Å². The predicted molar refractivity (Wildman–Crippen MR) is 97.9 cm³/mol. The summed E-state index contributed by atoms with van der Waals surface area (Å²) in [6.45, 7) is 1.85. The van der Waals surface area contributed by atoms with Crippen LogP contribution in [0.3, 0.4) is 0 Å². The molecule has 7 nitrogen and oxygen atoms in total. The largest absolute Gasteiger partial charge is 0.486 e. The van der Waals surface area contributed by atoms with Gasteiger partial charge in [0, 0.05) is 31.3 Å². The number of fused-ring (bicyclic) bond motifs is 1. The Kier molecular flexibility index (Phi) is 5.00. The fourth-order valence-electron chi connectivity index (χ4n) is 3.02. The number of hydrogen-bond donors (Lipinski definition) is 1. The molecule has 27 heavy (non-hydrogen) atoms. The van der Waals surface area contributed by atoms with Crippen LogP contribution in [0.25, 0.3) is 0 Å². The second-order valence-electron chi connectivity index (χ2n) is 6.32. The van der Waals surface area contributed by atoms with Gasteiger partial charge in [-0.05, 0) is 17.7 Å². The molecule has 0 aliphatic carbocycles. The van der Waals surface area contributed by atoms with Gasteiger partial charge in [0.25, 0.3) is 0 Å². The number of urea groups is 1. The van der Waals surface area contributed by atoms with E-state index in [0.717, 1.165) is 22.6 Å². The third-order valence-electron chi connectivity index (χ3n) is 4.49. The Morgan fingerprint density at radius 3 is 2.93 bits per heavy atom. The molecule has 0 saturated heterocycles. The molecule has 1 aromatic carbocycles. The minimum atomic E-state index is -0.0927. The first kappa shape index (κ1) is 17.1. The molecule has 0 fully saturated rings. The zero-order valence-electron chi connectivity index (χ0n) is 14.8. The summed E-state index contributed by atoms with van der Waals surface area (Å²) in [6, 6.07) is 13.4. The zero-order valence-corrected chi connectivity index (χ0v) is 14.8. The molecule has 0 bridgehead atoms. The SMILES string of the molecule is O=C(NCc1ccccc1)N1CCc2onc(COc3cccnc3)c2C1. The molecule has 0 radical (unpaired) electrons. The fraction of sp³-hybridized carbons (Fsp3) is 0.250. The zero-order chi connectivity index (χ0) is 18.5. The molecule has 138 valence electrons. The Bertz CT molecular complexity index is 896. The maximum atomic E-state index is 12.5. The van der Waals surface area contributed by atoms with Gasteiger partial charge in [-0.3, -0.25) is 4.98 Å². The van der Waals surface area contributed by atoms with E-state index < -0.39 is 0 Å². The number of benzene rings is 1. The van der Waals surface area contributed by atoms with Crippen molar-refractivity contribution in [3.63, 3.8) is 0 Å². The van der Waals surface area contributed by atoms with Crippen molar-refractivity contribution in [3.05, 3.63) is 77.4 Å². The van der Waals surface area contributed by atoms with Crippen LogP contribution in [0.4, 0.5) is 4.79 Å². The maximum absolute atomic E-state index is 12.5.